The molecule has 2 aromatic rings. The smallest absolute Gasteiger partial charge is 0.273 e. The fourth-order valence-corrected chi connectivity index (χ4v) is 4.97. The van der Waals surface area contributed by atoms with Crippen LogP contribution in [0.15, 0.2) is 42.7 Å². The molecule has 1 aromatic heterocycles. The molecule has 29 heavy (non-hydrogen) atoms. The number of nitrogen functional groups attached to an aromatic ring is 1. The average Bonchev–Trinajstić information content (AvgIpc) is 2.73. The number of hydrogen-bond donors (Lipinski definition) is 2. The van der Waals surface area contributed by atoms with E-state index in [0.717, 1.165) is 5.56 Å². The monoisotopic (exact) mass is 417 g/mol. The molecule has 1 saturated heterocycles. The van der Waals surface area contributed by atoms with Crippen LogP contribution in [0.1, 0.15) is 42.7 Å². The topological polar surface area (TPSA) is 118 Å². The summed E-state index contributed by atoms with van der Waals surface area (Å²) >= 11 is 0. The summed E-state index contributed by atoms with van der Waals surface area (Å²) in [7, 11) is -3.30. The van der Waals surface area contributed by atoms with E-state index in [1.54, 1.807) is 18.2 Å². The van der Waals surface area contributed by atoms with Crippen molar-refractivity contribution in [2.75, 3.05) is 25.4 Å². The number of piperidine rings is 1. The Balaban J connectivity index is 1.80. The fourth-order valence-electron chi connectivity index (χ4n) is 3.68. The van der Waals surface area contributed by atoms with Gasteiger partial charge in [0.1, 0.15) is 0 Å². The minimum absolute atomic E-state index is 0.0802. The second-order valence-corrected chi connectivity index (χ2v) is 10.1. The van der Waals surface area contributed by atoms with Gasteiger partial charge in [0.15, 0.2) is 11.5 Å². The van der Waals surface area contributed by atoms with Crippen LogP contribution in [0.5, 0.6) is 0 Å². The van der Waals surface area contributed by atoms with Crippen LogP contribution >= 0.6 is 0 Å². The minimum Gasteiger partial charge on any atom is -0.382 e. The molecule has 0 atom stereocenters. The molecule has 0 aliphatic carbocycles. The van der Waals surface area contributed by atoms with Gasteiger partial charge in [0, 0.05) is 37.4 Å². The predicted molar refractivity (Wildman–Crippen MR) is 112 cm³/mol. The first-order valence-corrected chi connectivity index (χ1v) is 11.2. The number of benzene rings is 1. The predicted octanol–water partition coefficient (Wildman–Crippen LogP) is 1.56. The zero-order chi connectivity index (χ0) is 21.1. The molecule has 0 saturated carbocycles. The highest BCUT2D eigenvalue weighted by atomic mass is 32.2. The highest BCUT2D eigenvalue weighted by Gasteiger charge is 2.40. The Morgan fingerprint density at radius 3 is 2.38 bits per heavy atom. The first-order valence-electron chi connectivity index (χ1n) is 9.65. The first kappa shape index (κ1) is 21.2. The third kappa shape index (κ3) is 4.40. The molecule has 3 N–H and O–H groups in total. The van der Waals surface area contributed by atoms with Crippen LogP contribution in [0.4, 0.5) is 5.82 Å². The maximum atomic E-state index is 12.6. The molecule has 1 aliphatic heterocycles. The second kappa shape index (κ2) is 8.46. The normalized spacial score (nSPS) is 17.2. The van der Waals surface area contributed by atoms with Gasteiger partial charge in [0.2, 0.25) is 10.0 Å². The molecular formula is C20H27N5O3S. The Morgan fingerprint density at radius 2 is 1.79 bits per heavy atom. The minimum atomic E-state index is -3.30. The number of carbonyl (C=O) groups excluding carboxylic acids is 1. The van der Waals surface area contributed by atoms with Gasteiger partial charge in [0.25, 0.3) is 5.91 Å². The molecule has 0 spiro atoms. The summed E-state index contributed by atoms with van der Waals surface area (Å²) in [4.78, 5) is 20.5. The van der Waals surface area contributed by atoms with Crippen LogP contribution in [-0.2, 0) is 15.4 Å². The lowest BCUT2D eigenvalue weighted by Gasteiger charge is -2.42. The van der Waals surface area contributed by atoms with Crippen LogP contribution in [-0.4, -0.2) is 53.5 Å². The number of carbonyl (C=O) groups is 1. The van der Waals surface area contributed by atoms with Crippen molar-refractivity contribution >= 4 is 21.7 Å². The van der Waals surface area contributed by atoms with Crippen molar-refractivity contribution in [3.05, 3.63) is 54.0 Å². The number of nitrogens with two attached hydrogens (primary N) is 1. The van der Waals surface area contributed by atoms with Crippen LogP contribution < -0.4 is 11.1 Å². The molecule has 0 bridgehead atoms. The number of rotatable bonds is 6. The van der Waals surface area contributed by atoms with Crippen molar-refractivity contribution in [1.82, 2.24) is 19.6 Å². The molecule has 1 aromatic carbocycles. The molecule has 2 heterocycles. The van der Waals surface area contributed by atoms with E-state index in [0.29, 0.717) is 32.5 Å². The van der Waals surface area contributed by atoms with Gasteiger partial charge in [-0.3, -0.25) is 4.79 Å². The van der Waals surface area contributed by atoms with Crippen LogP contribution in [0, 0.1) is 0 Å². The SMILES string of the molecule is CC(C)S(=O)(=O)N1CCC(CNC(=O)c2nccnc2N)(c2ccccc2)CC1. The third-order valence-electron chi connectivity index (χ3n) is 5.55. The van der Waals surface area contributed by atoms with Crippen molar-refractivity contribution in [3.8, 4) is 0 Å². The lowest BCUT2D eigenvalue weighted by molar-refractivity contribution is 0.0928. The molecular weight excluding hydrogens is 390 g/mol. The summed E-state index contributed by atoms with van der Waals surface area (Å²) < 4.78 is 26.7. The Labute approximate surface area is 171 Å². The maximum absolute atomic E-state index is 12.6. The molecule has 3 rings (SSSR count). The number of nitrogens with zero attached hydrogens (tertiary/aromatic N) is 3. The van der Waals surface area contributed by atoms with Crippen LogP contribution in [0.25, 0.3) is 0 Å². The highest BCUT2D eigenvalue weighted by Crippen LogP contribution is 2.36. The Morgan fingerprint density at radius 1 is 1.17 bits per heavy atom. The van der Waals surface area contributed by atoms with E-state index >= 15 is 0 Å². The van der Waals surface area contributed by atoms with Crippen molar-refractivity contribution < 1.29 is 13.2 Å². The number of aromatic nitrogens is 2. The molecule has 9 heteroatoms. The number of hydrogen-bond acceptors (Lipinski definition) is 6. The Hall–Kier alpha value is -2.52. The summed E-state index contributed by atoms with van der Waals surface area (Å²) in [5, 5.41) is 2.48. The van der Waals surface area contributed by atoms with E-state index in [9.17, 15) is 13.2 Å². The Bertz CT molecular complexity index is 955. The largest absolute Gasteiger partial charge is 0.382 e. The lowest BCUT2D eigenvalue weighted by atomic mass is 9.73. The lowest BCUT2D eigenvalue weighted by Crippen LogP contribution is -2.51. The standard InChI is InChI=1S/C20H27N5O3S/c1-15(2)29(27,28)25-12-8-20(9-13-25,16-6-4-3-5-7-16)14-24-19(26)17-18(21)23-11-10-22-17/h3-7,10-11,15H,8-9,12-14H2,1-2H3,(H2,21,23)(H,24,26). The average molecular weight is 418 g/mol. The highest BCUT2D eigenvalue weighted by molar-refractivity contribution is 7.89. The van der Waals surface area contributed by atoms with Gasteiger partial charge in [0.05, 0.1) is 5.25 Å². The fraction of sp³-hybridized carbons (Fsp3) is 0.450. The van der Waals surface area contributed by atoms with E-state index in [1.807, 2.05) is 30.3 Å². The van der Waals surface area contributed by atoms with Gasteiger partial charge in [-0.15, -0.1) is 0 Å². The summed E-state index contributed by atoms with van der Waals surface area (Å²) in [5.41, 5.74) is 6.57. The molecule has 1 aliphatic rings. The molecule has 156 valence electrons. The summed E-state index contributed by atoms with van der Waals surface area (Å²) in [6.07, 6.45) is 4.08. The van der Waals surface area contributed by atoms with Gasteiger partial charge in [-0.2, -0.15) is 0 Å². The molecule has 1 amide bonds. The van der Waals surface area contributed by atoms with E-state index < -0.39 is 15.3 Å². The number of sulfonamides is 1. The van der Waals surface area contributed by atoms with Crippen molar-refractivity contribution in [2.24, 2.45) is 0 Å². The summed E-state index contributed by atoms with van der Waals surface area (Å²) in [6, 6.07) is 9.90. The summed E-state index contributed by atoms with van der Waals surface area (Å²) in [5.74, 6) is -0.306. The van der Waals surface area contributed by atoms with Gasteiger partial charge < -0.3 is 11.1 Å². The van der Waals surface area contributed by atoms with Gasteiger partial charge in [-0.1, -0.05) is 30.3 Å². The van der Waals surface area contributed by atoms with Gasteiger partial charge in [-0.05, 0) is 32.3 Å². The van der Waals surface area contributed by atoms with Gasteiger partial charge >= 0.3 is 0 Å². The van der Waals surface area contributed by atoms with E-state index in [4.69, 9.17) is 5.73 Å². The van der Waals surface area contributed by atoms with E-state index in [2.05, 4.69) is 15.3 Å². The third-order valence-corrected chi connectivity index (χ3v) is 7.83. The van der Waals surface area contributed by atoms with Crippen molar-refractivity contribution in [2.45, 2.75) is 37.4 Å². The molecule has 8 nitrogen and oxygen atoms in total. The number of amides is 1. The molecule has 1 fully saturated rings. The second-order valence-electron chi connectivity index (χ2n) is 7.61. The van der Waals surface area contributed by atoms with E-state index in [-0.39, 0.29) is 22.8 Å². The van der Waals surface area contributed by atoms with Gasteiger partial charge in [-0.25, -0.2) is 22.7 Å². The molecule has 0 radical (unpaired) electrons. The van der Waals surface area contributed by atoms with E-state index in [1.165, 1.54) is 12.4 Å². The van der Waals surface area contributed by atoms with Crippen molar-refractivity contribution in [3.63, 3.8) is 0 Å². The molecule has 0 unspecified atom stereocenters. The first-order chi connectivity index (χ1) is 13.8. The summed E-state index contributed by atoms with van der Waals surface area (Å²) in [6.45, 7) is 4.58. The maximum Gasteiger partial charge on any atom is 0.273 e. The zero-order valence-electron chi connectivity index (χ0n) is 16.7. The van der Waals surface area contributed by atoms with Crippen molar-refractivity contribution in [1.29, 1.82) is 0 Å². The number of nitrogens with one attached hydrogen (secondary N) is 1. The quantitative estimate of drug-likeness (QED) is 0.736. The van der Waals surface area contributed by atoms with Crippen LogP contribution in [0.3, 0.4) is 0 Å². The zero-order valence-corrected chi connectivity index (χ0v) is 17.5. The Kier molecular flexibility index (Phi) is 6.18. The van der Waals surface area contributed by atoms with Crippen LogP contribution in [0.2, 0.25) is 0 Å². The number of anilines is 1.